The summed E-state index contributed by atoms with van der Waals surface area (Å²) in [5.41, 5.74) is 2.12. The molecule has 1 saturated heterocycles. The topological polar surface area (TPSA) is 27.0 Å². The van der Waals surface area contributed by atoms with Gasteiger partial charge >= 0.3 is 0 Å². The summed E-state index contributed by atoms with van der Waals surface area (Å²) >= 11 is 0. The van der Waals surface area contributed by atoms with E-state index in [0.29, 0.717) is 5.92 Å². The first kappa shape index (κ1) is 10.2. The lowest BCUT2D eigenvalue weighted by atomic mass is 9.89. The number of hydrogen-bond donors (Lipinski definition) is 0. The fourth-order valence-corrected chi connectivity index (χ4v) is 2.20. The molecule has 0 aliphatic carbocycles. The number of piperidine rings is 1. The summed E-state index contributed by atoms with van der Waals surface area (Å²) in [6.07, 6.45) is 2.43. The molecule has 2 heteroatoms. The molecule has 0 radical (unpaired) electrons. The van der Waals surface area contributed by atoms with Crippen molar-refractivity contribution in [3.05, 3.63) is 35.4 Å². The molecule has 1 aromatic carbocycles. The smallest absolute Gasteiger partial charge is 0.0991 e. The first-order valence-electron chi connectivity index (χ1n) is 5.48. The SMILES string of the molecule is CN1CCC(c2cccc(C#N)c2)CC1. The molecule has 0 unspecified atom stereocenters. The van der Waals surface area contributed by atoms with E-state index >= 15 is 0 Å². The first-order chi connectivity index (χ1) is 7.29. The highest BCUT2D eigenvalue weighted by Crippen LogP contribution is 2.27. The Bertz CT molecular complexity index is 370. The zero-order valence-corrected chi connectivity index (χ0v) is 9.11. The molecule has 1 aliphatic rings. The minimum Gasteiger partial charge on any atom is -0.306 e. The van der Waals surface area contributed by atoms with Crippen molar-refractivity contribution in [2.75, 3.05) is 20.1 Å². The summed E-state index contributed by atoms with van der Waals surface area (Å²) in [4.78, 5) is 2.37. The lowest BCUT2D eigenvalue weighted by Gasteiger charge is -2.29. The number of rotatable bonds is 1. The Morgan fingerprint density at radius 3 is 2.73 bits per heavy atom. The maximum absolute atomic E-state index is 8.84. The van der Waals surface area contributed by atoms with Crippen molar-refractivity contribution in [1.82, 2.24) is 4.90 Å². The number of nitrogens with zero attached hydrogens (tertiary/aromatic N) is 2. The molecule has 2 rings (SSSR count). The molecule has 78 valence electrons. The van der Waals surface area contributed by atoms with Gasteiger partial charge in [-0.3, -0.25) is 0 Å². The summed E-state index contributed by atoms with van der Waals surface area (Å²) in [6.45, 7) is 2.34. The van der Waals surface area contributed by atoms with Gasteiger partial charge in [0.1, 0.15) is 0 Å². The molecular formula is C13H16N2. The molecule has 1 aromatic rings. The van der Waals surface area contributed by atoms with Crippen LogP contribution in [0.2, 0.25) is 0 Å². The number of benzene rings is 1. The van der Waals surface area contributed by atoms with Gasteiger partial charge < -0.3 is 4.90 Å². The first-order valence-corrected chi connectivity index (χ1v) is 5.48. The maximum Gasteiger partial charge on any atom is 0.0991 e. The highest BCUT2D eigenvalue weighted by molar-refractivity contribution is 5.34. The minimum absolute atomic E-state index is 0.648. The quantitative estimate of drug-likeness (QED) is 0.696. The van der Waals surface area contributed by atoms with E-state index in [2.05, 4.69) is 24.1 Å². The van der Waals surface area contributed by atoms with Crippen LogP contribution < -0.4 is 0 Å². The van der Waals surface area contributed by atoms with Crippen LogP contribution in [0.1, 0.15) is 29.9 Å². The van der Waals surface area contributed by atoms with Crippen molar-refractivity contribution < 1.29 is 0 Å². The standard InChI is InChI=1S/C13H16N2/c1-15-7-5-12(6-8-15)13-4-2-3-11(9-13)10-14/h2-4,9,12H,5-8H2,1H3. The van der Waals surface area contributed by atoms with E-state index in [1.54, 1.807) is 0 Å². The normalized spacial score (nSPS) is 18.7. The van der Waals surface area contributed by atoms with Gasteiger partial charge in [-0.25, -0.2) is 0 Å². The van der Waals surface area contributed by atoms with E-state index in [9.17, 15) is 0 Å². The molecule has 1 heterocycles. The van der Waals surface area contributed by atoms with E-state index in [0.717, 1.165) is 5.56 Å². The lowest BCUT2D eigenvalue weighted by Crippen LogP contribution is -2.29. The fraction of sp³-hybridized carbons (Fsp3) is 0.462. The third-order valence-electron chi connectivity index (χ3n) is 3.21. The van der Waals surface area contributed by atoms with Gasteiger partial charge in [-0.05, 0) is 56.6 Å². The second-order valence-corrected chi connectivity index (χ2v) is 4.31. The van der Waals surface area contributed by atoms with E-state index in [4.69, 9.17) is 5.26 Å². The van der Waals surface area contributed by atoms with Gasteiger partial charge in [-0.1, -0.05) is 12.1 Å². The van der Waals surface area contributed by atoms with E-state index in [1.165, 1.54) is 31.5 Å². The summed E-state index contributed by atoms with van der Waals surface area (Å²) in [5.74, 6) is 0.648. The van der Waals surface area contributed by atoms with Crippen molar-refractivity contribution >= 4 is 0 Å². The Hall–Kier alpha value is -1.33. The molecule has 0 atom stereocenters. The number of nitriles is 1. The molecule has 0 aromatic heterocycles. The van der Waals surface area contributed by atoms with Gasteiger partial charge in [-0.15, -0.1) is 0 Å². The fourth-order valence-electron chi connectivity index (χ4n) is 2.20. The van der Waals surface area contributed by atoms with Crippen LogP contribution in [-0.2, 0) is 0 Å². The third-order valence-corrected chi connectivity index (χ3v) is 3.21. The molecule has 0 spiro atoms. The maximum atomic E-state index is 8.84. The van der Waals surface area contributed by atoms with Crippen molar-refractivity contribution in [1.29, 1.82) is 5.26 Å². The van der Waals surface area contributed by atoms with Crippen LogP contribution >= 0.6 is 0 Å². The summed E-state index contributed by atoms with van der Waals surface area (Å²) in [5, 5.41) is 8.84. The van der Waals surface area contributed by atoms with Gasteiger partial charge in [0, 0.05) is 0 Å². The highest BCUT2D eigenvalue weighted by atomic mass is 15.1. The Kier molecular flexibility index (Phi) is 3.03. The minimum atomic E-state index is 0.648. The second-order valence-electron chi connectivity index (χ2n) is 4.31. The molecule has 15 heavy (non-hydrogen) atoms. The zero-order chi connectivity index (χ0) is 10.7. The average molecular weight is 200 g/mol. The Morgan fingerprint density at radius 2 is 2.07 bits per heavy atom. The van der Waals surface area contributed by atoms with Gasteiger partial charge in [0.25, 0.3) is 0 Å². The van der Waals surface area contributed by atoms with Crippen molar-refractivity contribution in [2.45, 2.75) is 18.8 Å². The van der Waals surface area contributed by atoms with Crippen LogP contribution in [-0.4, -0.2) is 25.0 Å². The molecule has 2 nitrogen and oxygen atoms in total. The van der Waals surface area contributed by atoms with Crippen LogP contribution in [0.4, 0.5) is 0 Å². The van der Waals surface area contributed by atoms with Gasteiger partial charge in [0.05, 0.1) is 11.6 Å². The number of likely N-dealkylation sites (tertiary alicyclic amines) is 1. The number of hydrogen-bond acceptors (Lipinski definition) is 2. The second kappa shape index (κ2) is 4.46. The van der Waals surface area contributed by atoms with Crippen molar-refractivity contribution in [2.24, 2.45) is 0 Å². The van der Waals surface area contributed by atoms with Crippen molar-refractivity contribution in [3.63, 3.8) is 0 Å². The zero-order valence-electron chi connectivity index (χ0n) is 9.11. The monoisotopic (exact) mass is 200 g/mol. The largest absolute Gasteiger partial charge is 0.306 e. The molecule has 0 saturated carbocycles. The van der Waals surface area contributed by atoms with Crippen molar-refractivity contribution in [3.8, 4) is 6.07 Å². The average Bonchev–Trinajstić information content (AvgIpc) is 2.30. The van der Waals surface area contributed by atoms with E-state index in [1.807, 2.05) is 18.2 Å². The van der Waals surface area contributed by atoms with E-state index < -0.39 is 0 Å². The molecule has 0 amide bonds. The summed E-state index contributed by atoms with van der Waals surface area (Å²) < 4.78 is 0. The summed E-state index contributed by atoms with van der Waals surface area (Å²) in [7, 11) is 2.17. The van der Waals surface area contributed by atoms with Crippen LogP contribution in [0.3, 0.4) is 0 Å². The third kappa shape index (κ3) is 2.37. The molecule has 0 bridgehead atoms. The molecule has 0 N–H and O–H groups in total. The Balaban J connectivity index is 2.12. The molecular weight excluding hydrogens is 184 g/mol. The predicted octanol–water partition coefficient (Wildman–Crippen LogP) is 2.37. The van der Waals surface area contributed by atoms with Crippen LogP contribution in [0.15, 0.2) is 24.3 Å². The van der Waals surface area contributed by atoms with Gasteiger partial charge in [-0.2, -0.15) is 5.26 Å². The van der Waals surface area contributed by atoms with Gasteiger partial charge in [0.15, 0.2) is 0 Å². The van der Waals surface area contributed by atoms with Crippen LogP contribution in [0, 0.1) is 11.3 Å². The van der Waals surface area contributed by atoms with Crippen LogP contribution in [0.25, 0.3) is 0 Å². The summed E-state index contributed by atoms with van der Waals surface area (Å²) in [6, 6.07) is 10.3. The van der Waals surface area contributed by atoms with Gasteiger partial charge in [0.2, 0.25) is 0 Å². The van der Waals surface area contributed by atoms with E-state index in [-0.39, 0.29) is 0 Å². The molecule has 1 aliphatic heterocycles. The Labute approximate surface area is 91.1 Å². The lowest BCUT2D eigenvalue weighted by molar-refractivity contribution is 0.255. The van der Waals surface area contributed by atoms with Crippen LogP contribution in [0.5, 0.6) is 0 Å². The predicted molar refractivity (Wildman–Crippen MR) is 60.6 cm³/mol. The highest BCUT2D eigenvalue weighted by Gasteiger charge is 2.18. The molecule has 1 fully saturated rings. The Morgan fingerprint density at radius 1 is 1.33 bits per heavy atom.